The summed E-state index contributed by atoms with van der Waals surface area (Å²) in [6, 6.07) is 18.6. The van der Waals surface area contributed by atoms with Crippen LogP contribution in [0.1, 0.15) is 11.1 Å². The van der Waals surface area contributed by atoms with Crippen LogP contribution in [0.2, 0.25) is 0 Å². The minimum Gasteiger partial charge on any atom is -0.318 e. The molecule has 2 heterocycles. The van der Waals surface area contributed by atoms with E-state index in [0.717, 1.165) is 29.3 Å². The Morgan fingerprint density at radius 2 is 1.70 bits per heavy atom. The monoisotopic (exact) mass is 259 g/mol. The third kappa shape index (κ3) is 1.75. The molecule has 0 unspecified atom stereocenters. The quantitative estimate of drug-likeness (QED) is 0.772. The fraction of sp³-hybridized carbons (Fsp3) is 0.0588. The van der Waals surface area contributed by atoms with Gasteiger partial charge in [-0.15, -0.1) is 0 Å². The van der Waals surface area contributed by atoms with Crippen molar-refractivity contribution < 1.29 is 0 Å². The number of rotatable bonds is 1. The van der Waals surface area contributed by atoms with Gasteiger partial charge in [0.25, 0.3) is 0 Å². The van der Waals surface area contributed by atoms with Gasteiger partial charge in [-0.05, 0) is 11.6 Å². The molecule has 0 aromatic heterocycles. The van der Waals surface area contributed by atoms with Crippen LogP contribution >= 0.6 is 0 Å². The van der Waals surface area contributed by atoms with Crippen LogP contribution in [0.4, 0.5) is 5.69 Å². The zero-order valence-electron chi connectivity index (χ0n) is 10.9. The van der Waals surface area contributed by atoms with Gasteiger partial charge in [-0.2, -0.15) is 0 Å². The number of nitrogens with zero attached hydrogens (tertiary/aromatic N) is 3. The van der Waals surface area contributed by atoms with Crippen molar-refractivity contribution in [2.45, 2.75) is 0 Å². The van der Waals surface area contributed by atoms with Crippen LogP contribution in [0.25, 0.3) is 0 Å². The third-order valence-electron chi connectivity index (χ3n) is 3.57. The summed E-state index contributed by atoms with van der Waals surface area (Å²) in [5.74, 6) is 0.907. The Hall–Kier alpha value is -2.68. The first-order valence-electron chi connectivity index (χ1n) is 6.65. The van der Waals surface area contributed by atoms with Crippen molar-refractivity contribution in [3.8, 4) is 0 Å². The van der Waals surface area contributed by atoms with Crippen LogP contribution in [-0.4, -0.2) is 18.5 Å². The van der Waals surface area contributed by atoms with E-state index in [4.69, 9.17) is 4.99 Å². The summed E-state index contributed by atoms with van der Waals surface area (Å²) in [5.41, 5.74) is 4.55. The molecule has 0 atom stereocenters. The molecule has 0 aliphatic carbocycles. The van der Waals surface area contributed by atoms with Crippen molar-refractivity contribution in [3.63, 3.8) is 0 Å². The van der Waals surface area contributed by atoms with E-state index < -0.39 is 0 Å². The molecule has 0 saturated carbocycles. The second-order valence-corrected chi connectivity index (χ2v) is 4.83. The second-order valence-electron chi connectivity index (χ2n) is 4.83. The fourth-order valence-corrected chi connectivity index (χ4v) is 2.59. The maximum Gasteiger partial charge on any atom is 0.152 e. The molecule has 3 nitrogen and oxygen atoms in total. The Labute approximate surface area is 117 Å². The van der Waals surface area contributed by atoms with E-state index in [1.54, 1.807) is 0 Å². The van der Waals surface area contributed by atoms with Gasteiger partial charge in [0.2, 0.25) is 0 Å². The number of fused-ring (bicyclic) bond motifs is 3. The van der Waals surface area contributed by atoms with Crippen LogP contribution in [0.3, 0.4) is 0 Å². The standard InChI is InChI=1S/C17H13N3/c1-2-6-13(7-3-1)15-12-20-16-9-5-4-8-14(16)10-18-11-17(20)19-15/h1-11H,12H2. The van der Waals surface area contributed by atoms with Crippen LogP contribution < -0.4 is 4.90 Å². The number of anilines is 1. The number of hydrogen-bond acceptors (Lipinski definition) is 3. The zero-order chi connectivity index (χ0) is 13.4. The Kier molecular flexibility index (Phi) is 2.49. The van der Waals surface area contributed by atoms with Crippen LogP contribution in [0.5, 0.6) is 0 Å². The fourth-order valence-electron chi connectivity index (χ4n) is 2.59. The van der Waals surface area contributed by atoms with E-state index >= 15 is 0 Å². The normalized spacial score (nSPS) is 16.1. The summed E-state index contributed by atoms with van der Waals surface area (Å²) < 4.78 is 0. The maximum atomic E-state index is 4.73. The van der Waals surface area contributed by atoms with E-state index in [0.29, 0.717) is 0 Å². The van der Waals surface area contributed by atoms with Gasteiger partial charge >= 0.3 is 0 Å². The van der Waals surface area contributed by atoms with E-state index in [-0.39, 0.29) is 0 Å². The van der Waals surface area contributed by atoms with Crippen molar-refractivity contribution in [2.75, 3.05) is 11.4 Å². The second kappa shape index (κ2) is 4.46. The minimum atomic E-state index is 0.788. The molecule has 0 radical (unpaired) electrons. The van der Waals surface area contributed by atoms with Crippen LogP contribution in [-0.2, 0) is 0 Å². The van der Waals surface area contributed by atoms with Gasteiger partial charge in [-0.1, -0.05) is 48.5 Å². The summed E-state index contributed by atoms with van der Waals surface area (Å²) in [6.45, 7) is 0.788. The van der Waals surface area contributed by atoms with Crippen molar-refractivity contribution in [3.05, 3.63) is 77.7 Å². The summed E-state index contributed by atoms with van der Waals surface area (Å²) in [4.78, 5) is 11.3. The smallest absolute Gasteiger partial charge is 0.152 e. The summed E-state index contributed by atoms with van der Waals surface area (Å²) in [6.07, 6.45) is 3.72. The average Bonchev–Trinajstić information content (AvgIpc) is 2.85. The molecule has 2 aromatic rings. The lowest BCUT2D eigenvalue weighted by atomic mass is 10.1. The maximum absolute atomic E-state index is 4.73. The predicted octanol–water partition coefficient (Wildman–Crippen LogP) is 3.23. The number of benzene rings is 2. The number of para-hydroxylation sites is 1. The highest BCUT2D eigenvalue weighted by molar-refractivity contribution is 6.07. The van der Waals surface area contributed by atoms with Crippen LogP contribution in [0, 0.1) is 0 Å². The molecular formula is C17H13N3. The minimum absolute atomic E-state index is 0.788. The van der Waals surface area contributed by atoms with Gasteiger partial charge in [-0.25, -0.2) is 4.99 Å². The molecule has 0 N–H and O–H groups in total. The van der Waals surface area contributed by atoms with Crippen molar-refractivity contribution in [1.29, 1.82) is 0 Å². The van der Waals surface area contributed by atoms with Crippen molar-refractivity contribution in [1.82, 2.24) is 0 Å². The van der Waals surface area contributed by atoms with Gasteiger partial charge < -0.3 is 4.90 Å². The first-order valence-corrected chi connectivity index (χ1v) is 6.65. The molecule has 0 amide bonds. The lowest BCUT2D eigenvalue weighted by Crippen LogP contribution is -2.22. The summed E-state index contributed by atoms with van der Waals surface area (Å²) in [7, 11) is 0. The molecule has 20 heavy (non-hydrogen) atoms. The topological polar surface area (TPSA) is 28.0 Å². The molecule has 0 saturated heterocycles. The van der Waals surface area contributed by atoms with Gasteiger partial charge in [0, 0.05) is 11.8 Å². The highest BCUT2D eigenvalue weighted by Gasteiger charge is 2.25. The van der Waals surface area contributed by atoms with E-state index in [1.807, 2.05) is 36.7 Å². The molecule has 96 valence electrons. The first kappa shape index (κ1) is 11.2. The Balaban J connectivity index is 1.78. The molecule has 2 aliphatic heterocycles. The van der Waals surface area contributed by atoms with Crippen LogP contribution in [0.15, 0.2) is 76.6 Å². The largest absolute Gasteiger partial charge is 0.318 e. The Bertz CT molecular complexity index is 742. The van der Waals surface area contributed by atoms with Gasteiger partial charge in [-0.3, -0.25) is 4.99 Å². The number of hydrogen-bond donors (Lipinski definition) is 0. The molecule has 0 spiro atoms. The van der Waals surface area contributed by atoms with Gasteiger partial charge in [0.15, 0.2) is 5.82 Å². The lowest BCUT2D eigenvalue weighted by Gasteiger charge is -2.19. The Morgan fingerprint density at radius 1 is 0.900 bits per heavy atom. The third-order valence-corrected chi connectivity index (χ3v) is 3.57. The van der Waals surface area contributed by atoms with Gasteiger partial charge in [0.05, 0.1) is 24.1 Å². The lowest BCUT2D eigenvalue weighted by molar-refractivity contribution is 1.07. The van der Waals surface area contributed by atoms with E-state index in [9.17, 15) is 0 Å². The predicted molar refractivity (Wildman–Crippen MR) is 82.4 cm³/mol. The molecule has 2 aliphatic rings. The molecule has 3 heteroatoms. The van der Waals surface area contributed by atoms with E-state index in [1.165, 1.54) is 5.56 Å². The SMILES string of the molecule is C1=NC=C2N=C(c3ccccc3)CN2c2ccccc21. The van der Waals surface area contributed by atoms with Crippen molar-refractivity contribution >= 4 is 17.6 Å². The molecule has 4 rings (SSSR count). The molecule has 0 bridgehead atoms. The molecular weight excluding hydrogens is 246 g/mol. The van der Waals surface area contributed by atoms with Crippen molar-refractivity contribution in [2.24, 2.45) is 9.98 Å². The van der Waals surface area contributed by atoms with Gasteiger partial charge in [0.1, 0.15) is 0 Å². The first-order chi connectivity index (χ1) is 9.92. The highest BCUT2D eigenvalue weighted by Crippen LogP contribution is 2.30. The summed E-state index contributed by atoms with van der Waals surface area (Å²) in [5, 5.41) is 0. The highest BCUT2D eigenvalue weighted by atomic mass is 15.3. The Morgan fingerprint density at radius 3 is 2.60 bits per heavy atom. The number of aliphatic imine (C=N–C) groups is 2. The molecule has 2 aromatic carbocycles. The zero-order valence-corrected chi connectivity index (χ0v) is 10.9. The average molecular weight is 259 g/mol. The molecule has 0 fully saturated rings. The van der Waals surface area contributed by atoms with E-state index in [2.05, 4.69) is 40.2 Å². The summed E-state index contributed by atoms with van der Waals surface area (Å²) >= 11 is 0.